The standard InChI is InChI=1S/C20H31N3/c1-22-12-14-23(15-13-22)17-20(19-10-6-3-7-11-19)21-16-18-8-4-2-5-9-18/h2-4,6-7,10-11,18,20-21H,5,8-9,12-17H2,1H3/t18-,20+/m0/s1. The second kappa shape index (κ2) is 8.62. The van der Waals surface area contributed by atoms with E-state index in [0.717, 1.165) is 19.0 Å². The highest BCUT2D eigenvalue weighted by Gasteiger charge is 2.20. The predicted octanol–water partition coefficient (Wildman–Crippen LogP) is 2.92. The minimum atomic E-state index is 0.450. The van der Waals surface area contributed by atoms with Crippen molar-refractivity contribution in [1.29, 1.82) is 0 Å². The van der Waals surface area contributed by atoms with Crippen molar-refractivity contribution in [2.24, 2.45) is 5.92 Å². The molecule has 0 radical (unpaired) electrons. The van der Waals surface area contributed by atoms with Crippen molar-refractivity contribution in [2.45, 2.75) is 25.3 Å². The molecule has 3 heteroatoms. The van der Waals surface area contributed by atoms with E-state index < -0.39 is 0 Å². The van der Waals surface area contributed by atoms with Crippen molar-refractivity contribution in [3.8, 4) is 0 Å². The summed E-state index contributed by atoms with van der Waals surface area (Å²) >= 11 is 0. The molecule has 0 amide bonds. The Kier molecular flexibility index (Phi) is 6.26. The van der Waals surface area contributed by atoms with Gasteiger partial charge < -0.3 is 10.2 Å². The van der Waals surface area contributed by atoms with Crippen molar-refractivity contribution in [2.75, 3.05) is 46.3 Å². The van der Waals surface area contributed by atoms with E-state index in [1.165, 1.54) is 51.0 Å². The SMILES string of the molecule is CN1CCN(C[C@@H](NC[C@H]2CC=CCC2)c2ccccc2)CC1. The molecule has 126 valence electrons. The Balaban J connectivity index is 1.58. The fraction of sp³-hybridized carbons (Fsp3) is 0.600. The van der Waals surface area contributed by atoms with Crippen molar-refractivity contribution >= 4 is 0 Å². The lowest BCUT2D eigenvalue weighted by molar-refractivity contribution is 0.141. The van der Waals surface area contributed by atoms with Gasteiger partial charge in [0, 0.05) is 38.8 Å². The van der Waals surface area contributed by atoms with E-state index in [-0.39, 0.29) is 0 Å². The fourth-order valence-corrected chi connectivity index (χ4v) is 3.61. The molecule has 3 nitrogen and oxygen atoms in total. The second-order valence-corrected chi connectivity index (χ2v) is 7.13. The summed E-state index contributed by atoms with van der Waals surface area (Å²) in [6.45, 7) is 7.02. The van der Waals surface area contributed by atoms with Crippen LogP contribution in [0.3, 0.4) is 0 Å². The molecular formula is C20H31N3. The lowest BCUT2D eigenvalue weighted by Gasteiger charge is -2.35. The highest BCUT2D eigenvalue weighted by atomic mass is 15.3. The first kappa shape index (κ1) is 16.7. The molecule has 1 N–H and O–H groups in total. The largest absolute Gasteiger partial charge is 0.309 e. The van der Waals surface area contributed by atoms with Gasteiger partial charge in [0.1, 0.15) is 0 Å². The molecule has 1 aliphatic carbocycles. The van der Waals surface area contributed by atoms with E-state index in [1.54, 1.807) is 0 Å². The second-order valence-electron chi connectivity index (χ2n) is 7.13. The zero-order valence-corrected chi connectivity index (χ0v) is 14.5. The molecule has 1 heterocycles. The molecule has 0 unspecified atom stereocenters. The zero-order chi connectivity index (χ0) is 15.9. The lowest BCUT2D eigenvalue weighted by atomic mass is 9.94. The monoisotopic (exact) mass is 313 g/mol. The summed E-state index contributed by atoms with van der Waals surface area (Å²) in [6.07, 6.45) is 8.51. The molecule has 23 heavy (non-hydrogen) atoms. The third kappa shape index (κ3) is 5.17. The van der Waals surface area contributed by atoms with Crippen molar-refractivity contribution in [3.05, 3.63) is 48.0 Å². The summed E-state index contributed by atoms with van der Waals surface area (Å²) in [4.78, 5) is 5.04. The van der Waals surface area contributed by atoms with Gasteiger partial charge in [-0.15, -0.1) is 0 Å². The van der Waals surface area contributed by atoms with Gasteiger partial charge in [0.25, 0.3) is 0 Å². The molecule has 0 spiro atoms. The van der Waals surface area contributed by atoms with Crippen LogP contribution >= 0.6 is 0 Å². The molecule has 2 aliphatic rings. The van der Waals surface area contributed by atoms with Crippen molar-refractivity contribution < 1.29 is 0 Å². The van der Waals surface area contributed by atoms with Crippen LogP contribution in [0, 0.1) is 5.92 Å². The molecule has 0 bridgehead atoms. The average molecular weight is 313 g/mol. The van der Waals surface area contributed by atoms with E-state index in [4.69, 9.17) is 0 Å². The van der Waals surface area contributed by atoms with Crippen molar-refractivity contribution in [1.82, 2.24) is 15.1 Å². The third-order valence-electron chi connectivity index (χ3n) is 5.27. The number of allylic oxidation sites excluding steroid dienone is 2. The molecule has 0 aromatic heterocycles. The topological polar surface area (TPSA) is 18.5 Å². The zero-order valence-electron chi connectivity index (χ0n) is 14.5. The third-order valence-corrected chi connectivity index (χ3v) is 5.27. The average Bonchev–Trinajstić information content (AvgIpc) is 2.62. The molecule has 1 fully saturated rings. The van der Waals surface area contributed by atoms with Gasteiger partial charge >= 0.3 is 0 Å². The van der Waals surface area contributed by atoms with Crippen LogP contribution in [0.4, 0.5) is 0 Å². The summed E-state index contributed by atoms with van der Waals surface area (Å²) in [5.74, 6) is 0.804. The molecule has 1 saturated heterocycles. The van der Waals surface area contributed by atoms with Gasteiger partial charge in [0.2, 0.25) is 0 Å². The first-order valence-corrected chi connectivity index (χ1v) is 9.15. The number of piperazine rings is 1. The molecule has 3 rings (SSSR count). The smallest absolute Gasteiger partial charge is 0.0449 e. The summed E-state index contributed by atoms with van der Waals surface area (Å²) in [7, 11) is 2.22. The quantitative estimate of drug-likeness (QED) is 0.815. The summed E-state index contributed by atoms with van der Waals surface area (Å²) < 4.78 is 0. The summed E-state index contributed by atoms with van der Waals surface area (Å²) in [5, 5.41) is 3.88. The number of likely N-dealkylation sites (N-methyl/N-ethyl adjacent to an activating group) is 1. The van der Waals surface area contributed by atoms with Crippen LogP contribution in [0.25, 0.3) is 0 Å². The van der Waals surface area contributed by atoms with Crippen LogP contribution < -0.4 is 5.32 Å². The highest BCUT2D eigenvalue weighted by molar-refractivity contribution is 5.19. The molecule has 2 atom stereocenters. The predicted molar refractivity (Wildman–Crippen MR) is 97.6 cm³/mol. The Hall–Kier alpha value is -1.16. The molecule has 1 aromatic rings. The Morgan fingerprint density at radius 3 is 2.57 bits per heavy atom. The number of rotatable bonds is 6. The molecule has 0 saturated carbocycles. The van der Waals surface area contributed by atoms with E-state index >= 15 is 0 Å². The number of hydrogen-bond donors (Lipinski definition) is 1. The molecule has 1 aromatic carbocycles. The van der Waals surface area contributed by atoms with Crippen LogP contribution in [-0.4, -0.2) is 56.1 Å². The summed E-state index contributed by atoms with van der Waals surface area (Å²) in [6, 6.07) is 11.4. The molecular weight excluding hydrogens is 282 g/mol. The van der Waals surface area contributed by atoms with Crippen LogP contribution in [0.1, 0.15) is 30.9 Å². The van der Waals surface area contributed by atoms with E-state index in [2.05, 4.69) is 64.6 Å². The first-order chi connectivity index (χ1) is 11.3. The van der Waals surface area contributed by atoms with E-state index in [9.17, 15) is 0 Å². The Morgan fingerprint density at radius 2 is 1.87 bits per heavy atom. The normalized spacial score (nSPS) is 24.7. The maximum absolute atomic E-state index is 3.88. The van der Waals surface area contributed by atoms with Crippen LogP contribution in [0.2, 0.25) is 0 Å². The van der Waals surface area contributed by atoms with Gasteiger partial charge in [-0.2, -0.15) is 0 Å². The van der Waals surface area contributed by atoms with Gasteiger partial charge in [-0.3, -0.25) is 4.90 Å². The Labute approximate surface area is 141 Å². The lowest BCUT2D eigenvalue weighted by Crippen LogP contribution is -2.47. The van der Waals surface area contributed by atoms with E-state index in [0.29, 0.717) is 6.04 Å². The van der Waals surface area contributed by atoms with E-state index in [1.807, 2.05) is 0 Å². The maximum Gasteiger partial charge on any atom is 0.0449 e. The van der Waals surface area contributed by atoms with Gasteiger partial charge in [0.05, 0.1) is 0 Å². The number of hydrogen-bond acceptors (Lipinski definition) is 3. The maximum atomic E-state index is 3.88. The van der Waals surface area contributed by atoms with Gasteiger partial charge in [-0.25, -0.2) is 0 Å². The van der Waals surface area contributed by atoms with Gasteiger partial charge in [-0.05, 0) is 44.3 Å². The van der Waals surface area contributed by atoms with Gasteiger partial charge in [-0.1, -0.05) is 42.5 Å². The van der Waals surface area contributed by atoms with Crippen LogP contribution in [0.5, 0.6) is 0 Å². The molecule has 1 aliphatic heterocycles. The van der Waals surface area contributed by atoms with Crippen LogP contribution in [-0.2, 0) is 0 Å². The Bertz CT molecular complexity index is 477. The van der Waals surface area contributed by atoms with Gasteiger partial charge in [0.15, 0.2) is 0 Å². The Morgan fingerprint density at radius 1 is 1.09 bits per heavy atom. The van der Waals surface area contributed by atoms with Crippen LogP contribution in [0.15, 0.2) is 42.5 Å². The minimum absolute atomic E-state index is 0.450. The fourth-order valence-electron chi connectivity index (χ4n) is 3.61. The number of benzene rings is 1. The van der Waals surface area contributed by atoms with Crippen molar-refractivity contribution in [3.63, 3.8) is 0 Å². The summed E-state index contributed by atoms with van der Waals surface area (Å²) in [5.41, 5.74) is 1.43. The number of nitrogens with one attached hydrogen (secondary N) is 1. The highest BCUT2D eigenvalue weighted by Crippen LogP contribution is 2.20. The minimum Gasteiger partial charge on any atom is -0.309 e. The first-order valence-electron chi connectivity index (χ1n) is 9.15. The number of nitrogens with zero attached hydrogens (tertiary/aromatic N) is 2.